The minimum atomic E-state index is -3.59. The number of sulfonamides is 1. The van der Waals surface area contributed by atoms with E-state index in [1.54, 1.807) is 38.3 Å². The first-order valence-electron chi connectivity index (χ1n) is 8.73. The zero-order chi connectivity index (χ0) is 18.2. The predicted molar refractivity (Wildman–Crippen MR) is 97.2 cm³/mol. The summed E-state index contributed by atoms with van der Waals surface area (Å²) in [4.78, 5) is 12.7. The Morgan fingerprint density at radius 1 is 1.24 bits per heavy atom. The number of hydrogen-bond donors (Lipinski definition) is 1. The molecule has 7 heteroatoms. The summed E-state index contributed by atoms with van der Waals surface area (Å²) in [6.45, 7) is 1.63. The number of benzene rings is 1. The zero-order valence-corrected chi connectivity index (χ0v) is 15.8. The molecule has 0 radical (unpaired) electrons. The maximum Gasteiger partial charge on any atom is 0.243 e. The van der Waals surface area contributed by atoms with Crippen LogP contribution in [0.15, 0.2) is 24.3 Å². The number of hydrogen-bond acceptors (Lipinski definition) is 4. The van der Waals surface area contributed by atoms with E-state index >= 15 is 0 Å². The summed E-state index contributed by atoms with van der Waals surface area (Å²) in [5.41, 5.74) is 0.457. The fourth-order valence-electron chi connectivity index (χ4n) is 4.26. The Hall–Kier alpha value is -1.76. The van der Waals surface area contributed by atoms with Crippen molar-refractivity contribution in [3.8, 4) is 5.75 Å². The van der Waals surface area contributed by atoms with Crippen LogP contribution in [0.5, 0.6) is 5.75 Å². The molecular formula is C18H26N2O4S. The number of amides is 1. The quantitative estimate of drug-likeness (QED) is 0.837. The average molecular weight is 366 g/mol. The summed E-state index contributed by atoms with van der Waals surface area (Å²) in [5.74, 6) is 1.67. The van der Waals surface area contributed by atoms with E-state index in [9.17, 15) is 13.2 Å². The topological polar surface area (TPSA) is 75.7 Å². The largest absolute Gasteiger partial charge is 0.497 e. The molecule has 138 valence electrons. The number of carbonyl (C=O) groups excluding carboxylic acids is 1. The van der Waals surface area contributed by atoms with Crippen LogP contribution in [0.2, 0.25) is 0 Å². The van der Waals surface area contributed by atoms with Gasteiger partial charge in [0.1, 0.15) is 11.8 Å². The molecule has 25 heavy (non-hydrogen) atoms. The first-order chi connectivity index (χ1) is 11.8. The van der Waals surface area contributed by atoms with Crippen LogP contribution in [0.1, 0.15) is 32.6 Å². The van der Waals surface area contributed by atoms with E-state index in [1.807, 2.05) is 0 Å². The highest BCUT2D eigenvalue weighted by Gasteiger charge is 2.41. The predicted octanol–water partition coefficient (Wildman–Crippen LogP) is 2.15. The third-order valence-electron chi connectivity index (χ3n) is 5.48. The molecule has 0 saturated heterocycles. The Morgan fingerprint density at radius 2 is 1.92 bits per heavy atom. The number of nitrogens with zero attached hydrogens (tertiary/aromatic N) is 1. The van der Waals surface area contributed by atoms with Crippen LogP contribution in [0, 0.1) is 11.8 Å². The lowest BCUT2D eigenvalue weighted by Crippen LogP contribution is -2.51. The summed E-state index contributed by atoms with van der Waals surface area (Å²) in [6, 6.07) is 6.07. The van der Waals surface area contributed by atoms with Gasteiger partial charge in [0.25, 0.3) is 0 Å². The van der Waals surface area contributed by atoms with Crippen molar-refractivity contribution in [1.29, 1.82) is 0 Å². The van der Waals surface area contributed by atoms with Gasteiger partial charge in [0.2, 0.25) is 15.9 Å². The molecule has 0 heterocycles. The van der Waals surface area contributed by atoms with Gasteiger partial charge in [-0.3, -0.25) is 9.10 Å². The molecule has 0 aliphatic heterocycles. The van der Waals surface area contributed by atoms with Gasteiger partial charge in [-0.05, 0) is 62.3 Å². The molecule has 1 amide bonds. The Labute approximate surface area is 149 Å². The molecule has 1 aromatic carbocycles. The highest BCUT2D eigenvalue weighted by atomic mass is 32.2. The number of rotatable bonds is 6. The monoisotopic (exact) mass is 366 g/mol. The van der Waals surface area contributed by atoms with Crippen LogP contribution >= 0.6 is 0 Å². The Balaban J connectivity index is 1.76. The van der Waals surface area contributed by atoms with Gasteiger partial charge < -0.3 is 10.1 Å². The summed E-state index contributed by atoms with van der Waals surface area (Å²) in [5, 5.41) is 3.09. The first-order valence-corrected chi connectivity index (χ1v) is 10.6. The molecule has 1 aromatic rings. The lowest BCUT2D eigenvalue weighted by molar-refractivity contribution is -0.122. The van der Waals surface area contributed by atoms with E-state index in [4.69, 9.17) is 4.74 Å². The van der Waals surface area contributed by atoms with Crippen molar-refractivity contribution in [2.24, 2.45) is 11.8 Å². The lowest BCUT2D eigenvalue weighted by atomic mass is 9.95. The van der Waals surface area contributed by atoms with Crippen LogP contribution in [0.3, 0.4) is 0 Å². The van der Waals surface area contributed by atoms with Gasteiger partial charge >= 0.3 is 0 Å². The molecule has 0 spiro atoms. The van der Waals surface area contributed by atoms with Crippen LogP contribution in [-0.4, -0.2) is 39.8 Å². The highest BCUT2D eigenvalue weighted by Crippen LogP contribution is 2.44. The van der Waals surface area contributed by atoms with Crippen LogP contribution < -0.4 is 14.4 Å². The Bertz CT molecular complexity index is 732. The minimum absolute atomic E-state index is 0.186. The van der Waals surface area contributed by atoms with Crippen molar-refractivity contribution in [3.63, 3.8) is 0 Å². The maximum atomic E-state index is 12.7. The van der Waals surface area contributed by atoms with E-state index in [-0.39, 0.29) is 11.9 Å². The van der Waals surface area contributed by atoms with Gasteiger partial charge in [0.15, 0.2) is 0 Å². The fraction of sp³-hybridized carbons (Fsp3) is 0.611. The maximum absolute atomic E-state index is 12.7. The Kier molecular flexibility index (Phi) is 4.95. The molecule has 0 aromatic heterocycles. The normalized spacial score (nSPS) is 26.3. The molecule has 4 atom stereocenters. The molecule has 6 nitrogen and oxygen atoms in total. The van der Waals surface area contributed by atoms with Gasteiger partial charge in [-0.1, -0.05) is 6.42 Å². The number of ether oxygens (including phenoxy) is 1. The number of carbonyl (C=O) groups is 1. The van der Waals surface area contributed by atoms with Crippen LogP contribution in [-0.2, 0) is 14.8 Å². The summed E-state index contributed by atoms with van der Waals surface area (Å²) >= 11 is 0. The number of anilines is 1. The molecular weight excluding hydrogens is 340 g/mol. The number of fused-ring (bicyclic) bond motifs is 2. The molecule has 3 rings (SSSR count). The second kappa shape index (κ2) is 6.86. The van der Waals surface area contributed by atoms with Gasteiger partial charge in [-0.2, -0.15) is 0 Å². The summed E-state index contributed by atoms with van der Waals surface area (Å²) < 4.78 is 30.9. The van der Waals surface area contributed by atoms with Crippen molar-refractivity contribution < 1.29 is 17.9 Å². The van der Waals surface area contributed by atoms with Gasteiger partial charge in [-0.25, -0.2) is 8.42 Å². The zero-order valence-electron chi connectivity index (χ0n) is 14.9. The van der Waals surface area contributed by atoms with Crippen LogP contribution in [0.25, 0.3) is 0 Å². The molecule has 2 fully saturated rings. The summed E-state index contributed by atoms with van der Waals surface area (Å²) in [7, 11) is -2.04. The molecule has 2 aliphatic rings. The van der Waals surface area contributed by atoms with E-state index in [2.05, 4.69) is 5.32 Å². The number of nitrogens with one attached hydrogen (secondary N) is 1. The molecule has 0 unspecified atom stereocenters. The standard InChI is InChI=1S/C18H26N2O4S/c1-12(18(21)19-17-11-13-4-5-14(17)10-13)20(25(3,22)23)15-6-8-16(24-2)9-7-15/h6-9,12-14,17H,4-5,10-11H2,1-3H3,(H,19,21)/t12-,13+,14+,17-/m0/s1. The van der Waals surface area contributed by atoms with Gasteiger partial charge in [-0.15, -0.1) is 0 Å². The first kappa shape index (κ1) is 18.0. The van der Waals surface area contributed by atoms with Gasteiger partial charge in [0.05, 0.1) is 19.1 Å². The van der Waals surface area contributed by atoms with Crippen molar-refractivity contribution in [1.82, 2.24) is 5.32 Å². The van der Waals surface area contributed by atoms with Crippen molar-refractivity contribution in [3.05, 3.63) is 24.3 Å². The van der Waals surface area contributed by atoms with E-state index in [1.165, 1.54) is 17.1 Å². The number of methoxy groups -OCH3 is 1. The van der Waals surface area contributed by atoms with Gasteiger partial charge in [0, 0.05) is 6.04 Å². The van der Waals surface area contributed by atoms with E-state index in [0.717, 1.165) is 25.0 Å². The van der Waals surface area contributed by atoms with Crippen molar-refractivity contribution in [2.45, 2.75) is 44.7 Å². The highest BCUT2D eigenvalue weighted by molar-refractivity contribution is 7.92. The van der Waals surface area contributed by atoms with Crippen LogP contribution in [0.4, 0.5) is 5.69 Å². The third kappa shape index (κ3) is 3.76. The molecule has 2 saturated carbocycles. The Morgan fingerprint density at radius 3 is 2.40 bits per heavy atom. The average Bonchev–Trinajstić information content (AvgIpc) is 3.17. The second-order valence-electron chi connectivity index (χ2n) is 7.22. The smallest absolute Gasteiger partial charge is 0.243 e. The lowest BCUT2D eigenvalue weighted by Gasteiger charge is -2.31. The summed E-state index contributed by atoms with van der Waals surface area (Å²) in [6.07, 6.45) is 5.75. The molecule has 2 bridgehead atoms. The van der Waals surface area contributed by atoms with E-state index in [0.29, 0.717) is 17.4 Å². The van der Waals surface area contributed by atoms with E-state index < -0.39 is 16.1 Å². The van der Waals surface area contributed by atoms with Crippen molar-refractivity contribution in [2.75, 3.05) is 17.7 Å². The second-order valence-corrected chi connectivity index (χ2v) is 9.08. The molecule has 2 aliphatic carbocycles. The minimum Gasteiger partial charge on any atom is -0.497 e. The molecule has 1 N–H and O–H groups in total. The van der Waals surface area contributed by atoms with Crippen molar-refractivity contribution >= 4 is 21.6 Å². The fourth-order valence-corrected chi connectivity index (χ4v) is 5.44. The SMILES string of the molecule is COc1ccc(N([C@@H](C)C(=O)N[C@H]2C[C@@H]3CC[C@@H]2C3)S(C)(=O)=O)cc1. The third-order valence-corrected chi connectivity index (χ3v) is 6.72.